The number of hydrogen-bond donors (Lipinski definition) is 3. The van der Waals surface area contributed by atoms with Gasteiger partial charge >= 0.3 is 0 Å². The lowest BCUT2D eigenvalue weighted by molar-refractivity contribution is -0.116. The van der Waals surface area contributed by atoms with Crippen LogP contribution in [-0.4, -0.2) is 31.5 Å². The Kier molecular flexibility index (Phi) is 6.45. The Morgan fingerprint density at radius 2 is 2.10 bits per heavy atom. The van der Waals surface area contributed by atoms with Crippen LogP contribution in [0.4, 0.5) is 5.69 Å². The van der Waals surface area contributed by atoms with Gasteiger partial charge in [-0.15, -0.1) is 12.4 Å². The van der Waals surface area contributed by atoms with Gasteiger partial charge in [-0.05, 0) is 31.0 Å². The highest BCUT2D eigenvalue weighted by atomic mass is 35.5. The Bertz CT molecular complexity index is 518. The zero-order valence-corrected chi connectivity index (χ0v) is 12.7. The molecule has 21 heavy (non-hydrogen) atoms. The molecule has 1 aromatic rings. The van der Waals surface area contributed by atoms with Crippen LogP contribution in [0.3, 0.4) is 0 Å². The second-order valence-corrected chi connectivity index (χ2v) is 4.75. The zero-order valence-electron chi connectivity index (χ0n) is 11.8. The van der Waals surface area contributed by atoms with Crippen molar-refractivity contribution in [3.63, 3.8) is 0 Å². The molecular weight excluding hydrogens is 294 g/mol. The number of benzene rings is 1. The van der Waals surface area contributed by atoms with Crippen LogP contribution in [-0.2, 0) is 4.79 Å². The Labute approximate surface area is 129 Å². The van der Waals surface area contributed by atoms with Crippen LogP contribution in [0.5, 0.6) is 5.75 Å². The van der Waals surface area contributed by atoms with E-state index in [0.717, 1.165) is 12.8 Å². The number of nitrogens with two attached hydrogens (primary N) is 1. The average molecular weight is 314 g/mol. The molecule has 0 atom stereocenters. The van der Waals surface area contributed by atoms with Crippen molar-refractivity contribution in [3.8, 4) is 5.75 Å². The number of carbonyl (C=O) groups is 2. The molecule has 0 aromatic heterocycles. The maximum atomic E-state index is 12.2. The number of carbonyl (C=O) groups excluding carboxylic acids is 2. The molecule has 0 heterocycles. The van der Waals surface area contributed by atoms with Crippen molar-refractivity contribution >= 4 is 29.9 Å². The maximum absolute atomic E-state index is 12.2. The highest BCUT2D eigenvalue weighted by Gasteiger charge is 2.25. The molecule has 0 unspecified atom stereocenters. The van der Waals surface area contributed by atoms with Gasteiger partial charge in [0.1, 0.15) is 5.75 Å². The number of rotatable bonds is 6. The number of ether oxygens (including phenoxy) is 1. The second-order valence-electron chi connectivity index (χ2n) is 4.75. The van der Waals surface area contributed by atoms with E-state index < -0.39 is 0 Å². The topological polar surface area (TPSA) is 93.4 Å². The van der Waals surface area contributed by atoms with Crippen LogP contribution < -0.4 is 21.1 Å². The molecule has 6 nitrogen and oxygen atoms in total. The van der Waals surface area contributed by atoms with E-state index in [0.29, 0.717) is 17.0 Å². The Morgan fingerprint density at radius 3 is 2.67 bits per heavy atom. The van der Waals surface area contributed by atoms with Gasteiger partial charge in [0.2, 0.25) is 5.91 Å². The second kappa shape index (κ2) is 7.85. The lowest BCUT2D eigenvalue weighted by Gasteiger charge is -2.12. The molecule has 1 aliphatic rings. The van der Waals surface area contributed by atoms with Crippen molar-refractivity contribution in [2.24, 2.45) is 5.73 Å². The quantitative estimate of drug-likeness (QED) is 0.738. The third kappa shape index (κ3) is 4.91. The van der Waals surface area contributed by atoms with E-state index in [1.54, 1.807) is 18.2 Å². The smallest absolute Gasteiger partial charge is 0.253 e. The minimum absolute atomic E-state index is 0. The van der Waals surface area contributed by atoms with Gasteiger partial charge in [-0.3, -0.25) is 9.59 Å². The van der Waals surface area contributed by atoms with E-state index in [1.807, 2.05) is 0 Å². The van der Waals surface area contributed by atoms with Gasteiger partial charge in [0.25, 0.3) is 5.91 Å². The molecule has 1 aromatic carbocycles. The van der Waals surface area contributed by atoms with E-state index in [2.05, 4.69) is 10.6 Å². The number of nitrogens with one attached hydrogen (secondary N) is 2. The summed E-state index contributed by atoms with van der Waals surface area (Å²) in [5, 5.41) is 5.60. The third-order valence-electron chi connectivity index (χ3n) is 3.03. The highest BCUT2D eigenvalue weighted by Crippen LogP contribution is 2.25. The van der Waals surface area contributed by atoms with Crippen LogP contribution in [0.25, 0.3) is 0 Å². The molecule has 116 valence electrons. The van der Waals surface area contributed by atoms with Crippen molar-refractivity contribution in [1.29, 1.82) is 0 Å². The summed E-state index contributed by atoms with van der Waals surface area (Å²) in [5.74, 6) is 0.162. The minimum atomic E-state index is -0.210. The number of methoxy groups -OCH3 is 1. The predicted octanol–water partition coefficient (Wildman–Crippen LogP) is 1.30. The molecule has 0 spiro atoms. The van der Waals surface area contributed by atoms with Crippen LogP contribution in [0.15, 0.2) is 18.2 Å². The monoisotopic (exact) mass is 313 g/mol. The van der Waals surface area contributed by atoms with E-state index in [1.165, 1.54) is 7.11 Å². The molecule has 2 amide bonds. The first-order valence-corrected chi connectivity index (χ1v) is 6.63. The molecule has 0 radical (unpaired) electrons. The molecule has 1 saturated carbocycles. The van der Waals surface area contributed by atoms with Gasteiger partial charge in [-0.25, -0.2) is 0 Å². The molecule has 0 saturated heterocycles. The van der Waals surface area contributed by atoms with Gasteiger partial charge < -0.3 is 21.1 Å². The van der Waals surface area contributed by atoms with Crippen molar-refractivity contribution in [1.82, 2.24) is 5.32 Å². The van der Waals surface area contributed by atoms with Crippen molar-refractivity contribution in [2.75, 3.05) is 19.0 Å². The molecule has 7 heteroatoms. The minimum Gasteiger partial charge on any atom is -0.497 e. The van der Waals surface area contributed by atoms with E-state index >= 15 is 0 Å². The van der Waals surface area contributed by atoms with Crippen molar-refractivity contribution in [3.05, 3.63) is 23.8 Å². The first-order valence-electron chi connectivity index (χ1n) is 6.63. The molecule has 2 rings (SSSR count). The zero-order chi connectivity index (χ0) is 14.5. The molecule has 1 fully saturated rings. The number of anilines is 1. The van der Waals surface area contributed by atoms with E-state index in [4.69, 9.17) is 10.5 Å². The maximum Gasteiger partial charge on any atom is 0.253 e. The first kappa shape index (κ1) is 17.3. The lowest BCUT2D eigenvalue weighted by Crippen LogP contribution is -2.27. The average Bonchev–Trinajstić information content (AvgIpc) is 3.23. The lowest BCUT2D eigenvalue weighted by atomic mass is 10.1. The highest BCUT2D eigenvalue weighted by molar-refractivity contribution is 6.04. The van der Waals surface area contributed by atoms with Gasteiger partial charge in [0.05, 0.1) is 18.4 Å². The fourth-order valence-electron chi connectivity index (χ4n) is 1.78. The van der Waals surface area contributed by atoms with E-state index in [-0.39, 0.29) is 43.2 Å². The van der Waals surface area contributed by atoms with Crippen LogP contribution in [0.1, 0.15) is 29.6 Å². The Morgan fingerprint density at radius 1 is 1.38 bits per heavy atom. The number of halogens is 1. The summed E-state index contributed by atoms with van der Waals surface area (Å²) >= 11 is 0. The van der Waals surface area contributed by atoms with E-state index in [9.17, 15) is 9.59 Å². The predicted molar refractivity (Wildman–Crippen MR) is 83.0 cm³/mol. The summed E-state index contributed by atoms with van der Waals surface area (Å²) in [6, 6.07) is 5.23. The summed E-state index contributed by atoms with van der Waals surface area (Å²) in [5.41, 5.74) is 6.22. The Balaban J connectivity index is 0.00000220. The van der Waals surface area contributed by atoms with Crippen molar-refractivity contribution < 1.29 is 14.3 Å². The van der Waals surface area contributed by atoms with Crippen LogP contribution in [0, 0.1) is 0 Å². The standard InChI is InChI=1S/C14H19N3O3.ClH/c1-20-10-4-5-12(17-13(18)6-7-15)11(8-10)14(19)16-9-2-3-9;/h4-5,8-9H,2-3,6-7,15H2,1H3,(H,16,19)(H,17,18);1H. The molecule has 1 aliphatic carbocycles. The number of hydrogen-bond acceptors (Lipinski definition) is 4. The van der Waals surface area contributed by atoms with Gasteiger partial charge in [-0.2, -0.15) is 0 Å². The van der Waals surface area contributed by atoms with Gasteiger partial charge in [0.15, 0.2) is 0 Å². The first-order chi connectivity index (χ1) is 9.63. The summed E-state index contributed by atoms with van der Waals surface area (Å²) in [7, 11) is 1.53. The number of amides is 2. The SMILES string of the molecule is COc1ccc(NC(=O)CCN)c(C(=O)NC2CC2)c1.Cl. The fourth-order valence-corrected chi connectivity index (χ4v) is 1.78. The summed E-state index contributed by atoms with van der Waals surface area (Å²) in [4.78, 5) is 23.8. The third-order valence-corrected chi connectivity index (χ3v) is 3.03. The molecule has 4 N–H and O–H groups in total. The fraction of sp³-hybridized carbons (Fsp3) is 0.429. The largest absolute Gasteiger partial charge is 0.497 e. The summed E-state index contributed by atoms with van der Waals surface area (Å²) < 4.78 is 5.12. The Hall–Kier alpha value is -1.79. The normalized spacial score (nSPS) is 13.0. The molecular formula is C14H20ClN3O3. The summed E-state index contributed by atoms with van der Waals surface area (Å²) in [6.45, 7) is 0.269. The van der Waals surface area contributed by atoms with Gasteiger partial charge in [0, 0.05) is 19.0 Å². The van der Waals surface area contributed by atoms with Crippen molar-refractivity contribution in [2.45, 2.75) is 25.3 Å². The van der Waals surface area contributed by atoms with Crippen LogP contribution in [0.2, 0.25) is 0 Å². The molecule has 0 aliphatic heterocycles. The van der Waals surface area contributed by atoms with Gasteiger partial charge in [-0.1, -0.05) is 0 Å². The summed E-state index contributed by atoms with van der Waals surface area (Å²) in [6.07, 6.45) is 2.23. The molecule has 0 bridgehead atoms. The van der Waals surface area contributed by atoms with Crippen LogP contribution >= 0.6 is 12.4 Å².